The minimum atomic E-state index is -3.34. The van der Waals surface area contributed by atoms with Crippen LogP contribution in [0.2, 0.25) is 0 Å². The summed E-state index contributed by atoms with van der Waals surface area (Å²) in [6.45, 7) is -0.180. The van der Waals surface area contributed by atoms with Gasteiger partial charge >= 0.3 is 5.97 Å². The first-order valence-electron chi connectivity index (χ1n) is 8.36. The van der Waals surface area contributed by atoms with Crippen molar-refractivity contribution in [3.63, 3.8) is 0 Å². The molecule has 0 atom stereocenters. The van der Waals surface area contributed by atoms with Crippen molar-refractivity contribution >= 4 is 32.7 Å². The standard InChI is InChI=1S/C17H21N3O5S/c1-26(24,25)11-14-18-12-6-2-3-7-13(12)20(14)10-15(21)19-17(16(22)23)8-4-5-9-17/h2-3,6-7H,4-5,8-11H2,1H3,(H,19,21)(H,22,23). The van der Waals surface area contributed by atoms with Crippen LogP contribution in [0.3, 0.4) is 0 Å². The van der Waals surface area contributed by atoms with E-state index in [1.165, 1.54) is 4.57 Å². The molecule has 1 aliphatic rings. The predicted octanol–water partition coefficient (Wildman–Crippen LogP) is 1.09. The number of carbonyl (C=O) groups is 2. The van der Waals surface area contributed by atoms with Gasteiger partial charge in [-0.25, -0.2) is 18.2 Å². The number of hydrogen-bond donors (Lipinski definition) is 2. The number of amides is 1. The molecule has 9 heteroatoms. The molecule has 2 aromatic rings. The molecule has 0 aliphatic heterocycles. The van der Waals surface area contributed by atoms with Gasteiger partial charge in [0.1, 0.15) is 23.7 Å². The third-order valence-electron chi connectivity index (χ3n) is 4.67. The van der Waals surface area contributed by atoms with Crippen molar-refractivity contribution in [3.05, 3.63) is 30.1 Å². The van der Waals surface area contributed by atoms with E-state index in [9.17, 15) is 23.1 Å². The van der Waals surface area contributed by atoms with Gasteiger partial charge in [0.15, 0.2) is 9.84 Å². The predicted molar refractivity (Wildman–Crippen MR) is 95.3 cm³/mol. The van der Waals surface area contributed by atoms with Gasteiger partial charge in [0.05, 0.1) is 11.0 Å². The molecule has 1 aliphatic carbocycles. The summed E-state index contributed by atoms with van der Waals surface area (Å²) >= 11 is 0. The van der Waals surface area contributed by atoms with E-state index in [4.69, 9.17) is 0 Å². The van der Waals surface area contributed by atoms with E-state index in [-0.39, 0.29) is 18.1 Å². The Morgan fingerprint density at radius 2 is 1.92 bits per heavy atom. The number of fused-ring (bicyclic) bond motifs is 1. The minimum Gasteiger partial charge on any atom is -0.480 e. The maximum absolute atomic E-state index is 12.6. The van der Waals surface area contributed by atoms with Crippen molar-refractivity contribution in [2.75, 3.05) is 6.26 Å². The zero-order valence-corrected chi connectivity index (χ0v) is 15.3. The topological polar surface area (TPSA) is 118 Å². The number of hydrogen-bond acceptors (Lipinski definition) is 5. The second kappa shape index (κ2) is 6.71. The molecule has 1 amide bonds. The maximum atomic E-state index is 12.6. The summed E-state index contributed by atoms with van der Waals surface area (Å²) < 4.78 is 24.9. The molecule has 2 N–H and O–H groups in total. The lowest BCUT2D eigenvalue weighted by molar-refractivity contribution is -0.147. The fourth-order valence-corrected chi connectivity index (χ4v) is 4.16. The van der Waals surface area contributed by atoms with Gasteiger partial charge in [-0.1, -0.05) is 25.0 Å². The highest BCUT2D eigenvalue weighted by Crippen LogP contribution is 2.30. The summed E-state index contributed by atoms with van der Waals surface area (Å²) in [4.78, 5) is 28.5. The van der Waals surface area contributed by atoms with E-state index in [1.54, 1.807) is 24.3 Å². The molecule has 1 heterocycles. The van der Waals surface area contributed by atoms with Crippen LogP contribution in [-0.4, -0.2) is 46.7 Å². The molecule has 0 radical (unpaired) electrons. The van der Waals surface area contributed by atoms with Crippen LogP contribution >= 0.6 is 0 Å². The van der Waals surface area contributed by atoms with E-state index in [1.807, 2.05) is 0 Å². The third kappa shape index (κ3) is 3.72. The number of aromatic nitrogens is 2. The summed E-state index contributed by atoms with van der Waals surface area (Å²) in [5.74, 6) is -1.53. The SMILES string of the molecule is CS(=O)(=O)Cc1nc2ccccc2n1CC(=O)NC1(C(=O)O)CCCC1. The number of aliphatic carboxylic acids is 1. The van der Waals surface area contributed by atoms with Gasteiger partial charge in [-0.3, -0.25) is 4.79 Å². The number of nitrogens with one attached hydrogen (secondary N) is 1. The Morgan fingerprint density at radius 1 is 1.27 bits per heavy atom. The fraction of sp³-hybridized carbons (Fsp3) is 0.471. The monoisotopic (exact) mass is 379 g/mol. The molecule has 1 fully saturated rings. The largest absolute Gasteiger partial charge is 0.480 e. The molecule has 0 saturated heterocycles. The molecular weight excluding hydrogens is 358 g/mol. The molecule has 3 rings (SSSR count). The number of rotatable bonds is 6. The second-order valence-electron chi connectivity index (χ2n) is 6.82. The van der Waals surface area contributed by atoms with Gasteiger partial charge in [0, 0.05) is 6.26 Å². The lowest BCUT2D eigenvalue weighted by Gasteiger charge is -2.25. The molecule has 140 valence electrons. The Balaban J connectivity index is 1.91. The van der Waals surface area contributed by atoms with Gasteiger partial charge in [0.2, 0.25) is 5.91 Å². The molecule has 26 heavy (non-hydrogen) atoms. The van der Waals surface area contributed by atoms with Crippen LogP contribution in [-0.2, 0) is 31.7 Å². The first-order chi connectivity index (χ1) is 12.2. The Labute approximate surface area is 151 Å². The van der Waals surface area contributed by atoms with Crippen LogP contribution in [0.25, 0.3) is 11.0 Å². The maximum Gasteiger partial charge on any atom is 0.329 e. The van der Waals surface area contributed by atoms with Crippen LogP contribution < -0.4 is 5.32 Å². The average molecular weight is 379 g/mol. The molecule has 8 nitrogen and oxygen atoms in total. The summed E-state index contributed by atoms with van der Waals surface area (Å²) in [6, 6.07) is 7.05. The molecule has 0 spiro atoms. The van der Waals surface area contributed by atoms with E-state index in [0.717, 1.165) is 19.1 Å². The number of para-hydroxylation sites is 2. The van der Waals surface area contributed by atoms with Crippen LogP contribution in [0.15, 0.2) is 24.3 Å². The second-order valence-corrected chi connectivity index (χ2v) is 8.96. The van der Waals surface area contributed by atoms with Gasteiger partial charge in [-0.15, -0.1) is 0 Å². The normalized spacial score (nSPS) is 16.7. The van der Waals surface area contributed by atoms with Crippen LogP contribution in [0, 0.1) is 0 Å². The molecule has 0 unspecified atom stereocenters. The first kappa shape index (κ1) is 18.4. The van der Waals surface area contributed by atoms with Crippen LogP contribution in [0.4, 0.5) is 0 Å². The summed E-state index contributed by atoms with van der Waals surface area (Å²) in [6.07, 6.45) is 3.40. The van der Waals surface area contributed by atoms with Gasteiger partial charge in [0.25, 0.3) is 0 Å². The zero-order valence-electron chi connectivity index (χ0n) is 14.4. The van der Waals surface area contributed by atoms with E-state index < -0.39 is 27.3 Å². The Kier molecular flexibility index (Phi) is 4.74. The van der Waals surface area contributed by atoms with Crippen LogP contribution in [0.1, 0.15) is 31.5 Å². The van der Waals surface area contributed by atoms with Crippen molar-refractivity contribution in [3.8, 4) is 0 Å². The quantitative estimate of drug-likeness (QED) is 0.776. The van der Waals surface area contributed by atoms with Crippen molar-refractivity contribution in [1.29, 1.82) is 0 Å². The van der Waals surface area contributed by atoms with Crippen molar-refractivity contribution in [2.24, 2.45) is 0 Å². The zero-order chi connectivity index (χ0) is 18.9. The van der Waals surface area contributed by atoms with Crippen molar-refractivity contribution < 1.29 is 23.1 Å². The lowest BCUT2D eigenvalue weighted by Crippen LogP contribution is -2.53. The summed E-state index contributed by atoms with van der Waals surface area (Å²) in [5, 5.41) is 12.2. The lowest BCUT2D eigenvalue weighted by atomic mass is 9.98. The summed E-state index contributed by atoms with van der Waals surface area (Å²) in [7, 11) is -3.34. The average Bonchev–Trinajstić information content (AvgIpc) is 3.13. The smallest absolute Gasteiger partial charge is 0.329 e. The number of nitrogens with zero attached hydrogens (tertiary/aromatic N) is 2. The van der Waals surface area contributed by atoms with Gasteiger partial charge in [-0.2, -0.15) is 0 Å². The summed E-state index contributed by atoms with van der Waals surface area (Å²) in [5.41, 5.74) is -0.00496. The molecule has 1 aromatic heterocycles. The molecule has 0 bridgehead atoms. The molecular formula is C17H21N3O5S. The van der Waals surface area contributed by atoms with Crippen molar-refractivity contribution in [2.45, 2.75) is 43.5 Å². The third-order valence-corrected chi connectivity index (χ3v) is 5.45. The number of carboxylic acid groups (broad SMARTS) is 1. The number of carboxylic acids is 1. The Hall–Kier alpha value is -2.42. The van der Waals surface area contributed by atoms with Gasteiger partial charge < -0.3 is 15.0 Å². The highest BCUT2D eigenvalue weighted by Gasteiger charge is 2.42. The van der Waals surface area contributed by atoms with E-state index in [0.29, 0.717) is 23.9 Å². The van der Waals surface area contributed by atoms with Crippen molar-refractivity contribution in [1.82, 2.24) is 14.9 Å². The van der Waals surface area contributed by atoms with E-state index >= 15 is 0 Å². The first-order valence-corrected chi connectivity index (χ1v) is 10.4. The van der Waals surface area contributed by atoms with E-state index in [2.05, 4.69) is 10.3 Å². The molecule has 1 aromatic carbocycles. The number of sulfone groups is 1. The minimum absolute atomic E-state index is 0.180. The number of imidazole rings is 1. The fourth-order valence-electron chi connectivity index (χ4n) is 3.47. The molecule has 1 saturated carbocycles. The Bertz CT molecular complexity index is 958. The number of benzene rings is 1. The number of carbonyl (C=O) groups excluding carboxylic acids is 1. The van der Waals surface area contributed by atoms with Crippen LogP contribution in [0.5, 0.6) is 0 Å². The van der Waals surface area contributed by atoms with Gasteiger partial charge in [-0.05, 0) is 25.0 Å². The Morgan fingerprint density at radius 3 is 2.54 bits per heavy atom. The highest BCUT2D eigenvalue weighted by atomic mass is 32.2. The highest BCUT2D eigenvalue weighted by molar-refractivity contribution is 7.89.